The Hall–Kier alpha value is -1.53. The molecule has 1 aliphatic rings. The van der Waals surface area contributed by atoms with Crippen LogP contribution in [0, 0.1) is 0 Å². The van der Waals surface area contributed by atoms with E-state index in [2.05, 4.69) is 26.2 Å². The van der Waals surface area contributed by atoms with E-state index in [1.54, 1.807) is 25.1 Å². The minimum Gasteiger partial charge on any atom is -0.322 e. The lowest BCUT2D eigenvalue weighted by molar-refractivity contribution is -0.129. The molecule has 2 unspecified atom stereocenters. The van der Waals surface area contributed by atoms with Gasteiger partial charge in [-0.05, 0) is 18.6 Å². The molecule has 0 bridgehead atoms. The normalized spacial score (nSPS) is 21.3. The summed E-state index contributed by atoms with van der Waals surface area (Å²) in [7, 11) is 0. The van der Waals surface area contributed by atoms with Crippen LogP contribution in [0.2, 0.25) is 0 Å². The van der Waals surface area contributed by atoms with Gasteiger partial charge in [-0.2, -0.15) is 4.99 Å². The first-order valence-corrected chi connectivity index (χ1v) is 6.23. The third-order valence-corrected chi connectivity index (χ3v) is 3.36. The molecule has 6 heteroatoms. The van der Waals surface area contributed by atoms with E-state index in [1.807, 2.05) is 6.07 Å². The van der Waals surface area contributed by atoms with Crippen LogP contribution >= 0.6 is 15.9 Å². The van der Waals surface area contributed by atoms with Gasteiger partial charge in [0.25, 0.3) is 5.91 Å². The van der Waals surface area contributed by atoms with Crippen molar-refractivity contribution in [2.24, 2.45) is 10.7 Å². The number of carbonyl (C=O) groups excluding carboxylic acids is 2. The van der Waals surface area contributed by atoms with Crippen molar-refractivity contribution in [1.82, 2.24) is 5.32 Å². The quantitative estimate of drug-likeness (QED) is 0.797. The predicted octanol–water partition coefficient (Wildman–Crippen LogP) is 0.935. The Balaban J connectivity index is 2.40. The maximum absolute atomic E-state index is 12.0. The van der Waals surface area contributed by atoms with Gasteiger partial charge in [0.2, 0.25) is 5.91 Å². The van der Waals surface area contributed by atoms with Gasteiger partial charge in [-0.25, -0.2) is 0 Å². The van der Waals surface area contributed by atoms with Crippen molar-refractivity contribution in [2.75, 3.05) is 0 Å². The van der Waals surface area contributed by atoms with Crippen LogP contribution in [0.25, 0.3) is 0 Å². The van der Waals surface area contributed by atoms with Crippen molar-refractivity contribution >= 4 is 33.6 Å². The maximum atomic E-state index is 12.0. The molecule has 2 atom stereocenters. The molecule has 1 aromatic carbocycles. The highest BCUT2D eigenvalue weighted by atomic mass is 79.9. The fraction of sp³-hybridized carbons (Fsp3) is 0.250. The number of hydrogen-bond donors (Lipinski definition) is 2. The van der Waals surface area contributed by atoms with Crippen molar-refractivity contribution in [2.45, 2.75) is 18.9 Å². The summed E-state index contributed by atoms with van der Waals surface area (Å²) in [5.74, 6) is -1.58. The maximum Gasteiger partial charge on any atom is 0.264 e. The lowest BCUT2D eigenvalue weighted by atomic mass is 9.96. The number of carbonyl (C=O) groups is 2. The summed E-state index contributed by atoms with van der Waals surface area (Å²) >= 11 is 3.33. The summed E-state index contributed by atoms with van der Waals surface area (Å²) in [6.45, 7) is 1.66. The molecule has 2 amide bonds. The minimum absolute atomic E-state index is 0.216. The molecule has 0 spiro atoms. The molecule has 1 aromatic rings. The number of aliphatic imine (C=N–C) groups is 1. The number of nitrogens with two attached hydrogens (primary N) is 1. The summed E-state index contributed by atoms with van der Waals surface area (Å²) in [5, 5.41) is 2.57. The van der Waals surface area contributed by atoms with E-state index < -0.39 is 23.8 Å². The van der Waals surface area contributed by atoms with Crippen molar-refractivity contribution in [3.63, 3.8) is 0 Å². The smallest absolute Gasteiger partial charge is 0.264 e. The summed E-state index contributed by atoms with van der Waals surface area (Å²) < 4.78 is 0.706. The van der Waals surface area contributed by atoms with Gasteiger partial charge in [-0.3, -0.25) is 9.59 Å². The Morgan fingerprint density at radius 3 is 2.61 bits per heavy atom. The molecule has 0 aromatic heterocycles. The first kappa shape index (κ1) is 12.9. The second kappa shape index (κ2) is 4.99. The molecule has 18 heavy (non-hydrogen) atoms. The number of nitrogens with zero attached hydrogens (tertiary/aromatic N) is 1. The van der Waals surface area contributed by atoms with Gasteiger partial charge >= 0.3 is 0 Å². The number of hydrogen-bond acceptors (Lipinski definition) is 3. The van der Waals surface area contributed by atoms with Gasteiger partial charge in [0.1, 0.15) is 11.8 Å². The summed E-state index contributed by atoms with van der Waals surface area (Å²) in [5.41, 5.74) is 6.20. The van der Waals surface area contributed by atoms with E-state index in [0.717, 1.165) is 0 Å². The molecule has 0 saturated carbocycles. The molecule has 0 radical (unpaired) electrons. The second-order valence-corrected chi connectivity index (χ2v) is 4.92. The molecule has 2 rings (SSSR count). The van der Waals surface area contributed by atoms with Crippen LogP contribution in [0.5, 0.6) is 0 Å². The molecule has 1 heterocycles. The first-order chi connectivity index (χ1) is 8.50. The topological polar surface area (TPSA) is 84.5 Å². The SMILES string of the molecule is CC(N)C1=NC(=O)C(c2ccccc2Br)C(=O)N1. The van der Waals surface area contributed by atoms with Crippen LogP contribution in [0.1, 0.15) is 18.4 Å². The lowest BCUT2D eigenvalue weighted by Crippen LogP contribution is -2.49. The number of nitrogens with one attached hydrogen (secondary N) is 1. The van der Waals surface area contributed by atoms with Gasteiger partial charge in [-0.1, -0.05) is 34.1 Å². The Morgan fingerprint density at radius 1 is 1.39 bits per heavy atom. The minimum atomic E-state index is -0.914. The van der Waals surface area contributed by atoms with E-state index >= 15 is 0 Å². The average Bonchev–Trinajstić information content (AvgIpc) is 2.30. The molecule has 5 nitrogen and oxygen atoms in total. The summed E-state index contributed by atoms with van der Waals surface area (Å²) in [4.78, 5) is 27.8. The number of benzene rings is 1. The average molecular weight is 310 g/mol. The lowest BCUT2D eigenvalue weighted by Gasteiger charge is -2.22. The zero-order chi connectivity index (χ0) is 13.3. The van der Waals surface area contributed by atoms with E-state index in [0.29, 0.717) is 10.0 Å². The zero-order valence-electron chi connectivity index (χ0n) is 9.68. The Labute approximate surface area is 113 Å². The van der Waals surface area contributed by atoms with E-state index in [4.69, 9.17) is 5.73 Å². The van der Waals surface area contributed by atoms with Crippen LogP contribution < -0.4 is 11.1 Å². The summed E-state index contributed by atoms with van der Waals surface area (Å²) in [6, 6.07) is 6.61. The number of halogens is 1. The number of amides is 2. The highest BCUT2D eigenvalue weighted by Gasteiger charge is 2.35. The fourth-order valence-corrected chi connectivity index (χ4v) is 2.23. The molecule has 3 N–H and O–H groups in total. The van der Waals surface area contributed by atoms with Crippen molar-refractivity contribution in [3.05, 3.63) is 34.3 Å². The van der Waals surface area contributed by atoms with E-state index in [9.17, 15) is 9.59 Å². The predicted molar refractivity (Wildman–Crippen MR) is 71.1 cm³/mol. The van der Waals surface area contributed by atoms with Crippen LogP contribution in [-0.4, -0.2) is 23.7 Å². The molecule has 0 aliphatic carbocycles. The highest BCUT2D eigenvalue weighted by Crippen LogP contribution is 2.27. The highest BCUT2D eigenvalue weighted by molar-refractivity contribution is 9.10. The van der Waals surface area contributed by atoms with Crippen LogP contribution in [0.4, 0.5) is 0 Å². The molecule has 0 saturated heterocycles. The third kappa shape index (κ3) is 2.34. The molecular formula is C12H12BrN3O2. The largest absolute Gasteiger partial charge is 0.322 e. The first-order valence-electron chi connectivity index (χ1n) is 5.44. The molecule has 1 aliphatic heterocycles. The summed E-state index contributed by atoms with van der Waals surface area (Å²) in [6.07, 6.45) is 0. The molecule has 0 fully saturated rings. The fourth-order valence-electron chi connectivity index (χ4n) is 1.72. The second-order valence-electron chi connectivity index (χ2n) is 4.07. The van der Waals surface area contributed by atoms with Crippen molar-refractivity contribution in [1.29, 1.82) is 0 Å². The molecular weight excluding hydrogens is 298 g/mol. The van der Waals surface area contributed by atoms with Crippen molar-refractivity contribution in [3.8, 4) is 0 Å². The van der Waals surface area contributed by atoms with Gasteiger partial charge in [0.05, 0.1) is 6.04 Å². The zero-order valence-corrected chi connectivity index (χ0v) is 11.3. The Bertz CT molecular complexity index is 540. The van der Waals surface area contributed by atoms with Crippen molar-refractivity contribution < 1.29 is 9.59 Å². The van der Waals surface area contributed by atoms with Gasteiger partial charge in [0.15, 0.2) is 0 Å². The third-order valence-electron chi connectivity index (χ3n) is 2.64. The monoisotopic (exact) mass is 309 g/mol. The standard InChI is InChI=1S/C12H12BrN3O2/c1-6(14)10-15-11(17)9(12(18)16-10)7-4-2-3-5-8(7)13/h2-6,9H,14H2,1H3,(H,15,16,17,18). The van der Waals surface area contributed by atoms with Crippen LogP contribution in [0.3, 0.4) is 0 Å². The van der Waals surface area contributed by atoms with Gasteiger partial charge in [-0.15, -0.1) is 0 Å². The van der Waals surface area contributed by atoms with Gasteiger partial charge < -0.3 is 11.1 Å². The van der Waals surface area contributed by atoms with E-state index in [1.165, 1.54) is 0 Å². The Kier molecular flexibility index (Phi) is 3.58. The molecule has 94 valence electrons. The van der Waals surface area contributed by atoms with Crippen LogP contribution in [-0.2, 0) is 9.59 Å². The van der Waals surface area contributed by atoms with Gasteiger partial charge in [0, 0.05) is 4.47 Å². The van der Waals surface area contributed by atoms with Crippen LogP contribution in [0.15, 0.2) is 33.7 Å². The Morgan fingerprint density at radius 2 is 2.06 bits per heavy atom. The van der Waals surface area contributed by atoms with E-state index in [-0.39, 0.29) is 5.84 Å². The number of rotatable bonds is 2. The number of amidine groups is 1.